The number of carbonyl (C=O) groups excluding carboxylic acids is 1. The fourth-order valence-electron chi connectivity index (χ4n) is 1.83. The summed E-state index contributed by atoms with van der Waals surface area (Å²) >= 11 is 0. The number of rotatable bonds is 7. The predicted octanol–water partition coefficient (Wildman–Crippen LogP) is 2.83. The van der Waals surface area contributed by atoms with Crippen molar-refractivity contribution in [1.82, 2.24) is 4.72 Å². The summed E-state index contributed by atoms with van der Waals surface area (Å²) in [4.78, 5) is 11.8. The molecule has 0 bridgehead atoms. The lowest BCUT2D eigenvalue weighted by Gasteiger charge is -2.28. The van der Waals surface area contributed by atoms with Crippen LogP contribution >= 0.6 is 0 Å². The third kappa shape index (κ3) is 4.58. The molecular weight excluding hydrogens is 312 g/mol. The van der Waals surface area contributed by atoms with E-state index in [-0.39, 0.29) is 6.61 Å². The Labute approximate surface area is 131 Å². The molecule has 1 aromatic carbocycles. The third-order valence-corrected chi connectivity index (χ3v) is 4.24. The highest BCUT2D eigenvalue weighted by molar-refractivity contribution is 7.83. The van der Waals surface area contributed by atoms with E-state index in [1.54, 1.807) is 24.3 Å². The second-order valence-electron chi connectivity index (χ2n) is 5.26. The highest BCUT2D eigenvalue weighted by atomic mass is 32.2. The van der Waals surface area contributed by atoms with Crippen LogP contribution in [0.1, 0.15) is 26.3 Å². The van der Waals surface area contributed by atoms with Crippen molar-refractivity contribution in [2.24, 2.45) is 5.92 Å². The molecule has 0 aliphatic rings. The van der Waals surface area contributed by atoms with E-state index in [4.69, 9.17) is 0 Å². The van der Waals surface area contributed by atoms with Crippen LogP contribution in [0.2, 0.25) is 0 Å². The average molecular weight is 333 g/mol. The molecule has 1 rings (SSSR count). The summed E-state index contributed by atoms with van der Waals surface area (Å²) in [5.74, 6) is -5.99. The zero-order chi connectivity index (χ0) is 16.9. The molecule has 22 heavy (non-hydrogen) atoms. The van der Waals surface area contributed by atoms with Crippen LogP contribution < -0.4 is 4.72 Å². The monoisotopic (exact) mass is 333 g/mol. The second kappa shape index (κ2) is 7.78. The lowest BCUT2D eigenvalue weighted by molar-refractivity contribution is -0.176. The molecular formula is C15H21F2NO3S. The summed E-state index contributed by atoms with van der Waals surface area (Å²) in [5.41, 5.74) is 0.970. The van der Waals surface area contributed by atoms with Crippen LogP contribution in [0, 0.1) is 12.8 Å². The fraction of sp³-hybridized carbons (Fsp3) is 0.533. The summed E-state index contributed by atoms with van der Waals surface area (Å²) in [6.45, 7) is 6.23. The minimum absolute atomic E-state index is 0.139. The van der Waals surface area contributed by atoms with Crippen LogP contribution in [0.3, 0.4) is 0 Å². The van der Waals surface area contributed by atoms with Gasteiger partial charge >= 0.3 is 11.9 Å². The van der Waals surface area contributed by atoms with Crippen LogP contribution in [-0.2, 0) is 20.5 Å². The molecule has 0 spiro atoms. The molecule has 7 heteroatoms. The van der Waals surface area contributed by atoms with E-state index in [2.05, 4.69) is 9.46 Å². The SMILES string of the molecule is CCOC(=O)C(F)(F)[C@H](NS(=O)c1ccc(C)cc1)C(C)C. The van der Waals surface area contributed by atoms with Crippen molar-refractivity contribution in [2.45, 2.75) is 44.6 Å². The molecule has 0 radical (unpaired) electrons. The first-order valence-corrected chi connectivity index (χ1v) is 8.14. The number of alkyl halides is 2. The Bertz CT molecular complexity index is 532. The van der Waals surface area contributed by atoms with Gasteiger partial charge in [0.25, 0.3) is 0 Å². The number of hydrogen-bond donors (Lipinski definition) is 1. The smallest absolute Gasteiger partial charge is 0.378 e. The molecule has 1 N–H and O–H groups in total. The largest absolute Gasteiger partial charge is 0.462 e. The van der Waals surface area contributed by atoms with E-state index in [0.717, 1.165) is 5.56 Å². The highest BCUT2D eigenvalue weighted by Gasteiger charge is 2.50. The Morgan fingerprint density at radius 3 is 2.32 bits per heavy atom. The minimum atomic E-state index is -3.76. The van der Waals surface area contributed by atoms with Gasteiger partial charge in [-0.2, -0.15) is 8.78 Å². The number of nitrogens with one attached hydrogen (secondary N) is 1. The highest BCUT2D eigenvalue weighted by Crippen LogP contribution is 2.27. The Hall–Kier alpha value is -1.34. The maximum atomic E-state index is 14.2. The molecule has 0 aliphatic carbocycles. The Morgan fingerprint density at radius 1 is 1.32 bits per heavy atom. The molecule has 1 aromatic rings. The van der Waals surface area contributed by atoms with E-state index >= 15 is 0 Å². The number of aryl methyl sites for hydroxylation is 1. The van der Waals surface area contributed by atoms with Gasteiger partial charge in [0, 0.05) is 0 Å². The molecule has 0 aliphatic heterocycles. The molecule has 0 saturated carbocycles. The van der Waals surface area contributed by atoms with Crippen LogP contribution in [0.4, 0.5) is 8.78 Å². The van der Waals surface area contributed by atoms with E-state index in [1.165, 1.54) is 20.8 Å². The molecule has 124 valence electrons. The summed E-state index contributed by atoms with van der Waals surface area (Å²) in [7, 11) is -1.85. The van der Waals surface area contributed by atoms with Crippen LogP contribution in [-0.4, -0.2) is 28.7 Å². The number of benzene rings is 1. The summed E-state index contributed by atoms with van der Waals surface area (Å²) in [5, 5.41) is 0. The van der Waals surface area contributed by atoms with Gasteiger partial charge in [0.2, 0.25) is 0 Å². The second-order valence-corrected chi connectivity index (χ2v) is 6.51. The van der Waals surface area contributed by atoms with Crippen LogP contribution in [0.15, 0.2) is 29.2 Å². The van der Waals surface area contributed by atoms with Crippen LogP contribution in [0.25, 0.3) is 0 Å². The molecule has 2 atom stereocenters. The zero-order valence-electron chi connectivity index (χ0n) is 13.1. The van der Waals surface area contributed by atoms with Gasteiger partial charge in [0.05, 0.1) is 17.5 Å². The quantitative estimate of drug-likeness (QED) is 0.781. The lowest BCUT2D eigenvalue weighted by atomic mass is 9.99. The molecule has 0 heterocycles. The first kappa shape index (κ1) is 18.7. The van der Waals surface area contributed by atoms with E-state index in [9.17, 15) is 17.8 Å². The van der Waals surface area contributed by atoms with Crippen molar-refractivity contribution in [1.29, 1.82) is 0 Å². The number of carbonyl (C=O) groups is 1. The van der Waals surface area contributed by atoms with Crippen molar-refractivity contribution in [3.05, 3.63) is 29.8 Å². The number of halogens is 2. The summed E-state index contributed by atoms with van der Waals surface area (Å²) < 4.78 is 47.4. The van der Waals surface area contributed by atoms with E-state index < -0.39 is 34.8 Å². The molecule has 0 amide bonds. The van der Waals surface area contributed by atoms with Gasteiger partial charge in [0.15, 0.2) is 0 Å². The average Bonchev–Trinajstić information content (AvgIpc) is 2.44. The Balaban J connectivity index is 2.94. The van der Waals surface area contributed by atoms with E-state index in [1.807, 2.05) is 6.92 Å². The van der Waals surface area contributed by atoms with E-state index in [0.29, 0.717) is 4.90 Å². The van der Waals surface area contributed by atoms with Gasteiger partial charge in [-0.3, -0.25) is 0 Å². The Kier molecular flexibility index (Phi) is 6.62. The zero-order valence-corrected chi connectivity index (χ0v) is 13.9. The van der Waals surface area contributed by atoms with Gasteiger partial charge < -0.3 is 4.74 Å². The number of ether oxygens (including phenoxy) is 1. The van der Waals surface area contributed by atoms with Crippen LogP contribution in [0.5, 0.6) is 0 Å². The normalized spacial score (nSPS) is 14.7. The van der Waals surface area contributed by atoms with Gasteiger partial charge in [-0.25, -0.2) is 13.7 Å². The third-order valence-electron chi connectivity index (χ3n) is 3.07. The number of esters is 1. The Morgan fingerprint density at radius 2 is 1.86 bits per heavy atom. The van der Waals surface area contributed by atoms with Gasteiger partial charge in [-0.05, 0) is 31.9 Å². The lowest BCUT2D eigenvalue weighted by Crippen LogP contribution is -2.54. The van der Waals surface area contributed by atoms with Gasteiger partial charge in [-0.15, -0.1) is 0 Å². The van der Waals surface area contributed by atoms with Crippen molar-refractivity contribution in [2.75, 3.05) is 6.61 Å². The summed E-state index contributed by atoms with van der Waals surface area (Å²) in [6.07, 6.45) is 0. The van der Waals surface area contributed by atoms with Crippen molar-refractivity contribution < 1.29 is 22.5 Å². The first-order chi connectivity index (χ1) is 10.2. The standard InChI is InChI=1S/C15H21F2NO3S/c1-5-21-14(19)15(16,17)13(10(2)3)18-22(20)12-8-6-11(4)7-9-12/h6-10,13,18H,5H2,1-4H3/t13-,22?/m1/s1. The van der Waals surface area contributed by atoms with Crippen molar-refractivity contribution in [3.63, 3.8) is 0 Å². The first-order valence-electron chi connectivity index (χ1n) is 6.99. The van der Waals surface area contributed by atoms with Crippen molar-refractivity contribution in [3.8, 4) is 0 Å². The fourth-order valence-corrected chi connectivity index (χ4v) is 3.00. The molecule has 0 saturated heterocycles. The summed E-state index contributed by atoms with van der Waals surface area (Å²) in [6, 6.07) is 5.08. The topological polar surface area (TPSA) is 55.4 Å². The molecule has 4 nitrogen and oxygen atoms in total. The molecule has 0 fully saturated rings. The predicted molar refractivity (Wildman–Crippen MR) is 80.9 cm³/mol. The maximum absolute atomic E-state index is 14.2. The van der Waals surface area contributed by atoms with Gasteiger partial charge in [0.1, 0.15) is 11.0 Å². The van der Waals surface area contributed by atoms with Crippen molar-refractivity contribution >= 4 is 17.0 Å². The minimum Gasteiger partial charge on any atom is -0.462 e. The molecule has 1 unspecified atom stereocenters. The number of hydrogen-bond acceptors (Lipinski definition) is 3. The van der Waals surface area contributed by atoms with Gasteiger partial charge in [-0.1, -0.05) is 31.5 Å². The maximum Gasteiger partial charge on any atom is 0.378 e. The molecule has 0 aromatic heterocycles.